The highest BCUT2D eigenvalue weighted by molar-refractivity contribution is 6.31. The molecule has 1 aliphatic heterocycles. The van der Waals surface area contributed by atoms with Gasteiger partial charge in [0.05, 0.1) is 19.1 Å². The molecule has 0 aliphatic carbocycles. The molecule has 160 valence electrons. The van der Waals surface area contributed by atoms with E-state index in [1.54, 1.807) is 0 Å². The monoisotopic (exact) mass is 429 g/mol. The zero-order valence-corrected chi connectivity index (χ0v) is 18.0. The van der Waals surface area contributed by atoms with Gasteiger partial charge in [0, 0.05) is 36.8 Å². The fraction of sp³-hybridized carbons (Fsp3) is 0.391. The molecule has 2 aromatic carbocycles. The lowest BCUT2D eigenvalue weighted by molar-refractivity contribution is -0.134. The largest absolute Gasteiger partial charge is 0.494 e. The first-order valence-corrected chi connectivity index (χ1v) is 10.7. The van der Waals surface area contributed by atoms with Crippen LogP contribution >= 0.6 is 11.6 Å². The first kappa shape index (κ1) is 22.1. The van der Waals surface area contributed by atoms with Crippen LogP contribution in [0.3, 0.4) is 0 Å². The van der Waals surface area contributed by atoms with Crippen molar-refractivity contribution >= 4 is 23.4 Å². The van der Waals surface area contributed by atoms with Crippen LogP contribution in [0.4, 0.5) is 0 Å². The predicted molar refractivity (Wildman–Crippen MR) is 118 cm³/mol. The van der Waals surface area contributed by atoms with Crippen molar-refractivity contribution in [3.8, 4) is 5.75 Å². The highest BCUT2D eigenvalue weighted by Crippen LogP contribution is 2.22. The number of rotatable bonds is 9. The number of carbonyl (C=O) groups excluding carboxylic acids is 2. The Labute approximate surface area is 182 Å². The fourth-order valence-electron chi connectivity index (χ4n) is 3.61. The Balaban J connectivity index is 1.58. The van der Waals surface area contributed by atoms with Crippen LogP contribution in [0.5, 0.6) is 5.75 Å². The van der Waals surface area contributed by atoms with E-state index in [9.17, 15) is 9.59 Å². The summed E-state index contributed by atoms with van der Waals surface area (Å²) >= 11 is 6.16. The molecule has 6 nitrogen and oxygen atoms in total. The number of hydrogen-bond donors (Lipinski definition) is 2. The number of piperazine rings is 1. The molecule has 1 unspecified atom stereocenters. The second-order valence-electron chi connectivity index (χ2n) is 7.21. The molecule has 1 saturated heterocycles. The second-order valence-corrected chi connectivity index (χ2v) is 7.62. The van der Waals surface area contributed by atoms with E-state index in [-0.39, 0.29) is 18.2 Å². The first-order chi connectivity index (χ1) is 14.6. The Kier molecular flexibility index (Phi) is 8.11. The molecule has 2 amide bonds. The Morgan fingerprint density at radius 2 is 1.93 bits per heavy atom. The molecule has 0 radical (unpaired) electrons. The van der Waals surface area contributed by atoms with Crippen LogP contribution in [0, 0.1) is 0 Å². The summed E-state index contributed by atoms with van der Waals surface area (Å²) in [5.74, 6) is 0.553. The quantitative estimate of drug-likeness (QED) is 0.643. The molecule has 1 heterocycles. The molecule has 1 fully saturated rings. The molecular weight excluding hydrogens is 402 g/mol. The number of ether oxygens (including phenoxy) is 1. The Hall–Kier alpha value is -2.57. The topological polar surface area (TPSA) is 70.7 Å². The molecule has 1 aliphatic rings. The van der Waals surface area contributed by atoms with Crippen molar-refractivity contribution < 1.29 is 14.3 Å². The van der Waals surface area contributed by atoms with E-state index in [2.05, 4.69) is 10.6 Å². The van der Waals surface area contributed by atoms with Gasteiger partial charge in [-0.05, 0) is 31.0 Å². The van der Waals surface area contributed by atoms with Crippen molar-refractivity contribution in [2.75, 3.05) is 26.2 Å². The Morgan fingerprint density at radius 3 is 2.70 bits per heavy atom. The number of hydrogen-bond acceptors (Lipinski definition) is 4. The Morgan fingerprint density at radius 1 is 1.20 bits per heavy atom. The van der Waals surface area contributed by atoms with Gasteiger partial charge in [-0.15, -0.1) is 0 Å². The normalized spacial score (nSPS) is 16.7. The summed E-state index contributed by atoms with van der Waals surface area (Å²) in [7, 11) is 0. The minimum absolute atomic E-state index is 0.114. The van der Waals surface area contributed by atoms with Gasteiger partial charge in [-0.1, -0.05) is 48.0 Å². The Bertz CT molecular complexity index is 874. The average molecular weight is 430 g/mol. The lowest BCUT2D eigenvalue weighted by Gasteiger charge is -2.35. The maximum absolute atomic E-state index is 12.5. The van der Waals surface area contributed by atoms with E-state index in [1.807, 2.05) is 60.4 Å². The van der Waals surface area contributed by atoms with Gasteiger partial charge in [0.15, 0.2) is 0 Å². The number of benzene rings is 2. The van der Waals surface area contributed by atoms with Gasteiger partial charge in [0.2, 0.25) is 11.8 Å². The predicted octanol–water partition coefficient (Wildman–Crippen LogP) is 2.79. The van der Waals surface area contributed by atoms with Crippen molar-refractivity contribution in [3.05, 3.63) is 64.7 Å². The summed E-state index contributed by atoms with van der Waals surface area (Å²) in [5.41, 5.74) is 2.00. The molecule has 1 atom stereocenters. The van der Waals surface area contributed by atoms with E-state index in [0.717, 1.165) is 16.9 Å². The molecule has 0 aromatic heterocycles. The number of nitrogens with one attached hydrogen (secondary N) is 2. The number of halogens is 1. The molecule has 0 bridgehead atoms. The third kappa shape index (κ3) is 5.97. The van der Waals surface area contributed by atoms with Crippen LogP contribution in [-0.2, 0) is 22.6 Å². The van der Waals surface area contributed by atoms with E-state index in [0.29, 0.717) is 44.2 Å². The minimum atomic E-state index is -0.506. The van der Waals surface area contributed by atoms with E-state index >= 15 is 0 Å². The van der Waals surface area contributed by atoms with Gasteiger partial charge < -0.3 is 15.4 Å². The van der Waals surface area contributed by atoms with E-state index < -0.39 is 6.04 Å². The summed E-state index contributed by atoms with van der Waals surface area (Å²) < 4.78 is 5.71. The standard InChI is InChI=1S/C23H28ClN3O3/c1-2-30-21-10-6-4-8-18(21)16-27-14-13-26-23(29)20(27)15-22(28)25-12-11-17-7-3-5-9-19(17)24/h3-10,20H,2,11-16H2,1H3,(H,25,28)(H,26,29). The summed E-state index contributed by atoms with van der Waals surface area (Å²) in [6.45, 7) is 4.81. The molecule has 2 aromatic rings. The van der Waals surface area contributed by atoms with Crippen LogP contribution in [-0.4, -0.2) is 49.0 Å². The molecule has 0 saturated carbocycles. The van der Waals surface area contributed by atoms with E-state index in [4.69, 9.17) is 16.3 Å². The van der Waals surface area contributed by atoms with Crippen LogP contribution in [0.1, 0.15) is 24.5 Å². The number of amides is 2. The van der Waals surface area contributed by atoms with Gasteiger partial charge in [0.1, 0.15) is 5.75 Å². The zero-order valence-electron chi connectivity index (χ0n) is 17.2. The van der Waals surface area contributed by atoms with Gasteiger partial charge >= 0.3 is 0 Å². The average Bonchev–Trinajstić information content (AvgIpc) is 2.73. The van der Waals surface area contributed by atoms with Crippen LogP contribution in [0.15, 0.2) is 48.5 Å². The summed E-state index contributed by atoms with van der Waals surface area (Å²) in [5, 5.41) is 6.48. The highest BCUT2D eigenvalue weighted by atomic mass is 35.5. The first-order valence-electron chi connectivity index (χ1n) is 10.3. The van der Waals surface area contributed by atoms with E-state index in [1.165, 1.54) is 0 Å². The minimum Gasteiger partial charge on any atom is -0.494 e. The van der Waals surface area contributed by atoms with Crippen molar-refractivity contribution in [2.24, 2.45) is 0 Å². The maximum Gasteiger partial charge on any atom is 0.237 e. The number of nitrogens with zero attached hydrogens (tertiary/aromatic N) is 1. The van der Waals surface area contributed by atoms with Crippen molar-refractivity contribution in [1.29, 1.82) is 0 Å². The summed E-state index contributed by atoms with van der Waals surface area (Å²) in [6, 6.07) is 14.9. The highest BCUT2D eigenvalue weighted by Gasteiger charge is 2.32. The molecule has 7 heteroatoms. The van der Waals surface area contributed by atoms with Crippen LogP contribution in [0.25, 0.3) is 0 Å². The van der Waals surface area contributed by atoms with Gasteiger partial charge in [-0.3, -0.25) is 14.5 Å². The van der Waals surface area contributed by atoms with Crippen molar-refractivity contribution in [1.82, 2.24) is 15.5 Å². The second kappa shape index (κ2) is 11.0. The zero-order chi connectivity index (χ0) is 21.3. The van der Waals surface area contributed by atoms with Gasteiger partial charge in [0.25, 0.3) is 0 Å². The molecule has 30 heavy (non-hydrogen) atoms. The van der Waals surface area contributed by atoms with Crippen molar-refractivity contribution in [2.45, 2.75) is 32.4 Å². The molecule has 2 N–H and O–H groups in total. The fourth-order valence-corrected chi connectivity index (χ4v) is 3.84. The maximum atomic E-state index is 12.5. The van der Waals surface area contributed by atoms with Gasteiger partial charge in [-0.2, -0.15) is 0 Å². The summed E-state index contributed by atoms with van der Waals surface area (Å²) in [6.07, 6.45) is 0.763. The van der Waals surface area contributed by atoms with Crippen molar-refractivity contribution in [3.63, 3.8) is 0 Å². The SMILES string of the molecule is CCOc1ccccc1CN1CCNC(=O)C1CC(=O)NCCc1ccccc1Cl. The molecule has 0 spiro atoms. The third-order valence-corrected chi connectivity index (χ3v) is 5.51. The number of para-hydroxylation sites is 1. The van der Waals surface area contributed by atoms with Crippen LogP contribution in [0.2, 0.25) is 5.02 Å². The summed E-state index contributed by atoms with van der Waals surface area (Å²) in [4.78, 5) is 27.1. The smallest absolute Gasteiger partial charge is 0.237 e. The third-order valence-electron chi connectivity index (χ3n) is 5.14. The molecular formula is C23H28ClN3O3. The lowest BCUT2D eigenvalue weighted by atomic mass is 10.1. The molecule has 3 rings (SSSR count). The lowest BCUT2D eigenvalue weighted by Crippen LogP contribution is -2.56. The van der Waals surface area contributed by atoms with Gasteiger partial charge in [-0.25, -0.2) is 0 Å². The van der Waals surface area contributed by atoms with Crippen LogP contribution < -0.4 is 15.4 Å². The number of carbonyl (C=O) groups is 2.